The summed E-state index contributed by atoms with van der Waals surface area (Å²) in [6.45, 7) is 4.52. The molecule has 1 aromatic heterocycles. The van der Waals surface area contributed by atoms with Gasteiger partial charge in [-0.2, -0.15) is 4.37 Å². The van der Waals surface area contributed by atoms with Crippen LogP contribution in [0, 0.1) is 0 Å². The number of hydrogen-bond acceptors (Lipinski definition) is 6. The second-order valence-electron chi connectivity index (χ2n) is 3.88. The molecular weight excluding hydrogens is 258 g/mol. The first-order valence-corrected chi connectivity index (χ1v) is 8.05. The number of aromatic nitrogens is 1. The van der Waals surface area contributed by atoms with E-state index < -0.39 is 9.84 Å². The quantitative estimate of drug-likeness (QED) is 0.857. The first-order valence-electron chi connectivity index (χ1n) is 5.63. The molecule has 7 heteroatoms. The molecule has 1 heterocycles. The van der Waals surface area contributed by atoms with Crippen molar-refractivity contribution in [2.75, 3.05) is 30.0 Å². The Hall–Kier alpha value is -0.820. The normalized spacial score (nSPS) is 11.7. The Kier molecular flexibility index (Phi) is 4.76. The van der Waals surface area contributed by atoms with Crippen molar-refractivity contribution in [2.45, 2.75) is 31.6 Å². The van der Waals surface area contributed by atoms with Crippen LogP contribution in [0.1, 0.15) is 26.7 Å². The van der Waals surface area contributed by atoms with E-state index in [1.807, 2.05) is 11.9 Å². The van der Waals surface area contributed by atoms with E-state index in [9.17, 15) is 8.42 Å². The van der Waals surface area contributed by atoms with E-state index in [1.54, 1.807) is 6.92 Å². The van der Waals surface area contributed by atoms with E-state index in [0.717, 1.165) is 30.9 Å². The van der Waals surface area contributed by atoms with E-state index >= 15 is 0 Å². The highest BCUT2D eigenvalue weighted by molar-refractivity contribution is 7.91. The summed E-state index contributed by atoms with van der Waals surface area (Å²) in [5, 5.41) is 0.651. The SMILES string of the molecule is CCCCN(C)c1snc(N)c1S(=O)(=O)CC. The molecule has 0 aromatic carbocycles. The number of nitrogens with zero attached hydrogens (tertiary/aromatic N) is 2. The lowest BCUT2D eigenvalue weighted by Crippen LogP contribution is -2.20. The van der Waals surface area contributed by atoms with Crippen LogP contribution in [0.3, 0.4) is 0 Å². The molecule has 0 radical (unpaired) electrons. The van der Waals surface area contributed by atoms with Crippen molar-refractivity contribution < 1.29 is 8.42 Å². The second kappa shape index (κ2) is 5.68. The fourth-order valence-electron chi connectivity index (χ4n) is 1.46. The zero-order chi connectivity index (χ0) is 13.1. The molecule has 0 aliphatic rings. The molecule has 0 unspecified atom stereocenters. The van der Waals surface area contributed by atoms with Gasteiger partial charge in [-0.15, -0.1) is 0 Å². The van der Waals surface area contributed by atoms with Crippen LogP contribution in [-0.4, -0.2) is 32.1 Å². The van der Waals surface area contributed by atoms with Crippen LogP contribution in [0.5, 0.6) is 0 Å². The van der Waals surface area contributed by atoms with Crippen molar-refractivity contribution in [3.8, 4) is 0 Å². The average molecular weight is 277 g/mol. The summed E-state index contributed by atoms with van der Waals surface area (Å²) in [4.78, 5) is 2.11. The highest BCUT2D eigenvalue weighted by atomic mass is 32.2. The van der Waals surface area contributed by atoms with Gasteiger partial charge in [0.25, 0.3) is 0 Å². The Labute approximate surface area is 107 Å². The second-order valence-corrected chi connectivity index (χ2v) is 6.85. The zero-order valence-electron chi connectivity index (χ0n) is 10.4. The van der Waals surface area contributed by atoms with E-state index in [-0.39, 0.29) is 16.5 Å². The standard InChI is InChI=1S/C10H19N3O2S2/c1-4-6-7-13(3)10-8(9(11)12-16-10)17(14,15)5-2/h4-7H2,1-3H3,(H2,11,12). The third kappa shape index (κ3) is 3.10. The lowest BCUT2D eigenvalue weighted by molar-refractivity contribution is 0.597. The summed E-state index contributed by atoms with van der Waals surface area (Å²) >= 11 is 1.15. The number of unbranched alkanes of at least 4 members (excludes halogenated alkanes) is 1. The molecule has 0 spiro atoms. The van der Waals surface area contributed by atoms with Gasteiger partial charge in [0.1, 0.15) is 9.90 Å². The van der Waals surface area contributed by atoms with Crippen LogP contribution < -0.4 is 10.6 Å². The largest absolute Gasteiger partial charge is 0.382 e. The predicted molar refractivity (Wildman–Crippen MR) is 72.4 cm³/mol. The van der Waals surface area contributed by atoms with Crippen molar-refractivity contribution in [1.82, 2.24) is 4.37 Å². The topological polar surface area (TPSA) is 76.3 Å². The van der Waals surface area contributed by atoms with Gasteiger partial charge < -0.3 is 10.6 Å². The van der Waals surface area contributed by atoms with Crippen molar-refractivity contribution in [2.24, 2.45) is 0 Å². The Morgan fingerprint density at radius 3 is 2.59 bits per heavy atom. The minimum Gasteiger partial charge on any atom is -0.382 e. The van der Waals surface area contributed by atoms with Gasteiger partial charge in [0.05, 0.1) is 5.75 Å². The number of rotatable bonds is 6. The summed E-state index contributed by atoms with van der Waals surface area (Å²) in [7, 11) is -1.43. The van der Waals surface area contributed by atoms with Crippen LogP contribution in [0.25, 0.3) is 0 Å². The number of anilines is 2. The van der Waals surface area contributed by atoms with E-state index in [0.29, 0.717) is 5.00 Å². The number of sulfone groups is 1. The molecule has 2 N–H and O–H groups in total. The van der Waals surface area contributed by atoms with E-state index in [1.165, 1.54) is 0 Å². The molecular formula is C10H19N3O2S2. The van der Waals surface area contributed by atoms with Crippen LogP contribution in [-0.2, 0) is 9.84 Å². The van der Waals surface area contributed by atoms with Gasteiger partial charge >= 0.3 is 0 Å². The highest BCUT2D eigenvalue weighted by Gasteiger charge is 2.25. The Morgan fingerprint density at radius 1 is 1.41 bits per heavy atom. The average Bonchev–Trinajstić information content (AvgIpc) is 2.68. The van der Waals surface area contributed by atoms with Crippen molar-refractivity contribution in [1.29, 1.82) is 0 Å². The monoisotopic (exact) mass is 277 g/mol. The molecule has 0 amide bonds. The van der Waals surface area contributed by atoms with Crippen LogP contribution >= 0.6 is 11.5 Å². The lowest BCUT2D eigenvalue weighted by atomic mass is 10.3. The van der Waals surface area contributed by atoms with Gasteiger partial charge in [0.2, 0.25) is 0 Å². The maximum absolute atomic E-state index is 11.9. The van der Waals surface area contributed by atoms with Crippen molar-refractivity contribution in [3.05, 3.63) is 0 Å². The summed E-state index contributed by atoms with van der Waals surface area (Å²) < 4.78 is 27.8. The highest BCUT2D eigenvalue weighted by Crippen LogP contribution is 2.34. The molecule has 0 aliphatic carbocycles. The predicted octanol–water partition coefficient (Wildman–Crippen LogP) is 1.76. The number of hydrogen-bond donors (Lipinski definition) is 1. The number of nitrogen functional groups attached to an aromatic ring is 1. The van der Waals surface area contributed by atoms with E-state index in [4.69, 9.17) is 5.73 Å². The van der Waals surface area contributed by atoms with Gasteiger partial charge in [-0.3, -0.25) is 0 Å². The van der Waals surface area contributed by atoms with E-state index in [2.05, 4.69) is 11.3 Å². The Morgan fingerprint density at radius 2 is 2.06 bits per heavy atom. The minimum absolute atomic E-state index is 0.0459. The molecule has 0 saturated heterocycles. The van der Waals surface area contributed by atoms with Crippen LogP contribution in [0.15, 0.2) is 4.90 Å². The molecule has 0 fully saturated rings. The summed E-state index contributed by atoms with van der Waals surface area (Å²) in [6.07, 6.45) is 2.08. The first-order chi connectivity index (χ1) is 7.94. The zero-order valence-corrected chi connectivity index (χ0v) is 12.1. The maximum atomic E-state index is 11.9. The fraction of sp³-hybridized carbons (Fsp3) is 0.700. The maximum Gasteiger partial charge on any atom is 0.184 e. The van der Waals surface area contributed by atoms with Crippen molar-refractivity contribution >= 4 is 32.2 Å². The molecule has 17 heavy (non-hydrogen) atoms. The third-order valence-electron chi connectivity index (χ3n) is 2.54. The van der Waals surface area contributed by atoms with Gasteiger partial charge in [-0.1, -0.05) is 20.3 Å². The van der Waals surface area contributed by atoms with Gasteiger partial charge in [-0.25, -0.2) is 8.42 Å². The lowest BCUT2D eigenvalue weighted by Gasteiger charge is -2.17. The van der Waals surface area contributed by atoms with Crippen LogP contribution in [0.2, 0.25) is 0 Å². The minimum atomic E-state index is -3.30. The van der Waals surface area contributed by atoms with Crippen molar-refractivity contribution in [3.63, 3.8) is 0 Å². The van der Waals surface area contributed by atoms with Crippen LogP contribution in [0.4, 0.5) is 10.8 Å². The fourth-order valence-corrected chi connectivity index (χ4v) is 3.78. The molecule has 5 nitrogen and oxygen atoms in total. The summed E-state index contributed by atoms with van der Waals surface area (Å²) in [5.41, 5.74) is 5.66. The number of nitrogens with two attached hydrogens (primary N) is 1. The molecule has 0 atom stereocenters. The van der Waals surface area contributed by atoms with Gasteiger partial charge in [0, 0.05) is 13.6 Å². The summed E-state index contributed by atoms with van der Waals surface area (Å²) in [5.74, 6) is 0.166. The molecule has 1 rings (SSSR count). The summed E-state index contributed by atoms with van der Waals surface area (Å²) in [6, 6.07) is 0. The molecule has 0 aliphatic heterocycles. The molecule has 98 valence electrons. The molecule has 1 aromatic rings. The first kappa shape index (κ1) is 14.2. The smallest absolute Gasteiger partial charge is 0.184 e. The third-order valence-corrected chi connectivity index (χ3v) is 5.43. The van der Waals surface area contributed by atoms with Gasteiger partial charge in [0.15, 0.2) is 15.7 Å². The molecule has 0 bridgehead atoms. The Bertz CT molecular complexity index is 468. The molecule has 0 saturated carbocycles. The Balaban J connectivity index is 3.10. The van der Waals surface area contributed by atoms with Gasteiger partial charge in [-0.05, 0) is 18.0 Å².